The van der Waals surface area contributed by atoms with Crippen molar-refractivity contribution in [3.05, 3.63) is 102 Å². The second-order valence-electron chi connectivity index (χ2n) is 12.6. The standard InChI is InChI=1S/C32H41N2OP.C6H6/c35-32(25-15-5-2-6-16-25)34-23-29(24-13-3-1-4-14-24)33-31(34)28-21-11-12-22-30(28)36(26-17-7-8-18-26)27-19-9-10-20-27;1-2-4-6-5-3-1/h1,3-4,11-14,21-22,25-27,29H,2,5-10,15-20,23H2;1-6H. The molecule has 7 rings (SSSR count). The maximum Gasteiger partial charge on any atom is 0.231 e. The summed E-state index contributed by atoms with van der Waals surface area (Å²) in [6.45, 7) is 0.688. The van der Waals surface area contributed by atoms with Gasteiger partial charge in [0, 0.05) is 11.5 Å². The van der Waals surface area contributed by atoms with Crippen LogP contribution < -0.4 is 5.30 Å². The molecular formula is C38H47N2OP. The van der Waals surface area contributed by atoms with Crippen molar-refractivity contribution in [1.82, 2.24) is 4.90 Å². The van der Waals surface area contributed by atoms with Gasteiger partial charge >= 0.3 is 0 Å². The van der Waals surface area contributed by atoms with Crippen molar-refractivity contribution >= 4 is 25.0 Å². The molecule has 0 radical (unpaired) electrons. The lowest BCUT2D eigenvalue weighted by Gasteiger charge is -2.33. The summed E-state index contributed by atoms with van der Waals surface area (Å²) in [7, 11) is -0.235. The van der Waals surface area contributed by atoms with Gasteiger partial charge in [-0.3, -0.25) is 14.7 Å². The highest BCUT2D eigenvalue weighted by molar-refractivity contribution is 7.67. The van der Waals surface area contributed by atoms with Gasteiger partial charge in [0.15, 0.2) is 0 Å². The third-order valence-electron chi connectivity index (χ3n) is 9.82. The van der Waals surface area contributed by atoms with Gasteiger partial charge < -0.3 is 0 Å². The van der Waals surface area contributed by atoms with Crippen molar-refractivity contribution < 1.29 is 4.79 Å². The molecule has 1 unspecified atom stereocenters. The number of nitrogens with zero attached hydrogens (tertiary/aromatic N) is 2. The average Bonchev–Trinajstić information content (AvgIpc) is 3.87. The molecule has 3 saturated carbocycles. The van der Waals surface area contributed by atoms with Gasteiger partial charge in [0.2, 0.25) is 5.91 Å². The van der Waals surface area contributed by atoms with E-state index in [0.29, 0.717) is 12.5 Å². The molecule has 1 amide bonds. The lowest BCUT2D eigenvalue weighted by Crippen LogP contribution is -2.41. The highest BCUT2D eigenvalue weighted by Gasteiger charge is 2.39. The van der Waals surface area contributed by atoms with Gasteiger partial charge in [-0.15, -0.1) is 0 Å². The van der Waals surface area contributed by atoms with Gasteiger partial charge in [-0.05, 0) is 60.7 Å². The third kappa shape index (κ3) is 6.89. The van der Waals surface area contributed by atoms with Crippen molar-refractivity contribution in [2.45, 2.75) is 101 Å². The van der Waals surface area contributed by atoms with E-state index in [9.17, 15) is 4.79 Å². The minimum absolute atomic E-state index is 0.0333. The van der Waals surface area contributed by atoms with E-state index < -0.39 is 0 Å². The number of amidine groups is 1. The Morgan fingerprint density at radius 1 is 0.619 bits per heavy atom. The topological polar surface area (TPSA) is 32.7 Å². The number of rotatable bonds is 6. The third-order valence-corrected chi connectivity index (χ3v) is 13.4. The normalized spacial score (nSPS) is 21.8. The SMILES string of the molecule is O=C(C1CCCCC1)N1CC(c2ccccc2)N=C1c1ccccc1P(C1CCCC1)C1CCCC1.c1ccccc1. The number of benzene rings is 3. The van der Waals surface area contributed by atoms with Gasteiger partial charge in [0.25, 0.3) is 0 Å². The molecule has 1 aliphatic heterocycles. The van der Waals surface area contributed by atoms with Crippen molar-refractivity contribution in [3.63, 3.8) is 0 Å². The molecule has 0 saturated heterocycles. The Kier molecular flexibility index (Phi) is 10.2. The molecule has 4 aliphatic rings. The molecule has 4 heteroatoms. The first-order valence-electron chi connectivity index (χ1n) is 16.6. The highest BCUT2D eigenvalue weighted by atomic mass is 31.1. The van der Waals surface area contributed by atoms with Crippen molar-refractivity contribution in [3.8, 4) is 0 Å². The van der Waals surface area contributed by atoms with Crippen LogP contribution in [0.5, 0.6) is 0 Å². The first-order valence-corrected chi connectivity index (χ1v) is 18.1. The number of hydrogen-bond acceptors (Lipinski definition) is 2. The summed E-state index contributed by atoms with van der Waals surface area (Å²) in [6, 6.07) is 31.8. The van der Waals surface area contributed by atoms with E-state index in [1.165, 1.54) is 81.8 Å². The zero-order valence-electron chi connectivity index (χ0n) is 25.1. The van der Waals surface area contributed by atoms with E-state index in [1.54, 1.807) is 5.30 Å². The van der Waals surface area contributed by atoms with E-state index in [-0.39, 0.29) is 19.9 Å². The van der Waals surface area contributed by atoms with Gasteiger partial charge in [-0.1, -0.05) is 144 Å². The zero-order valence-corrected chi connectivity index (χ0v) is 26.0. The fraction of sp³-hybridized carbons (Fsp3) is 0.474. The Morgan fingerprint density at radius 2 is 1.12 bits per heavy atom. The Hall–Kier alpha value is -2.77. The molecule has 0 bridgehead atoms. The van der Waals surface area contributed by atoms with E-state index >= 15 is 0 Å². The predicted molar refractivity (Wildman–Crippen MR) is 178 cm³/mol. The van der Waals surface area contributed by atoms with Crippen LogP contribution in [-0.2, 0) is 4.79 Å². The molecule has 3 aromatic carbocycles. The van der Waals surface area contributed by atoms with Gasteiger partial charge in [-0.2, -0.15) is 0 Å². The second kappa shape index (κ2) is 14.6. The average molecular weight is 579 g/mol. The summed E-state index contributed by atoms with van der Waals surface area (Å²) in [4.78, 5) is 21.5. The highest BCUT2D eigenvalue weighted by Crippen LogP contribution is 2.57. The monoisotopic (exact) mass is 578 g/mol. The summed E-state index contributed by atoms with van der Waals surface area (Å²) < 4.78 is 0. The van der Waals surface area contributed by atoms with E-state index in [4.69, 9.17) is 4.99 Å². The molecular weight excluding hydrogens is 531 g/mol. The van der Waals surface area contributed by atoms with Crippen LogP contribution in [0.3, 0.4) is 0 Å². The molecule has 220 valence electrons. The molecule has 3 aliphatic carbocycles. The summed E-state index contributed by atoms with van der Waals surface area (Å²) in [5, 5.41) is 1.54. The van der Waals surface area contributed by atoms with Crippen LogP contribution in [0.2, 0.25) is 0 Å². The van der Waals surface area contributed by atoms with E-state index in [0.717, 1.165) is 30.0 Å². The lowest BCUT2D eigenvalue weighted by atomic mass is 9.88. The summed E-state index contributed by atoms with van der Waals surface area (Å²) in [6.07, 6.45) is 16.8. The van der Waals surface area contributed by atoms with Crippen LogP contribution in [0.25, 0.3) is 0 Å². The zero-order chi connectivity index (χ0) is 28.6. The first-order chi connectivity index (χ1) is 20.8. The molecule has 0 spiro atoms. The second-order valence-corrected chi connectivity index (χ2v) is 15.4. The molecule has 3 fully saturated rings. The number of carbonyl (C=O) groups is 1. The van der Waals surface area contributed by atoms with Crippen molar-refractivity contribution in [1.29, 1.82) is 0 Å². The molecule has 0 aromatic heterocycles. The fourth-order valence-corrected chi connectivity index (χ4v) is 11.6. The minimum Gasteiger partial charge on any atom is -0.294 e. The van der Waals surface area contributed by atoms with Gasteiger partial charge in [0.1, 0.15) is 5.84 Å². The van der Waals surface area contributed by atoms with Crippen LogP contribution in [0.1, 0.15) is 101 Å². The molecule has 42 heavy (non-hydrogen) atoms. The van der Waals surface area contributed by atoms with Crippen LogP contribution >= 0.6 is 7.92 Å². The quantitative estimate of drug-likeness (QED) is 0.268. The van der Waals surface area contributed by atoms with Gasteiger partial charge in [-0.25, -0.2) is 0 Å². The summed E-state index contributed by atoms with van der Waals surface area (Å²) in [5.41, 5.74) is 4.18. The smallest absolute Gasteiger partial charge is 0.231 e. The molecule has 3 nitrogen and oxygen atoms in total. The molecule has 3 aromatic rings. The van der Waals surface area contributed by atoms with Crippen LogP contribution in [-0.4, -0.2) is 34.5 Å². The predicted octanol–water partition coefficient (Wildman–Crippen LogP) is 9.28. The Morgan fingerprint density at radius 3 is 1.71 bits per heavy atom. The number of aliphatic imine (C=N–C) groups is 1. The largest absolute Gasteiger partial charge is 0.294 e. The summed E-state index contributed by atoms with van der Waals surface area (Å²) >= 11 is 0. The Labute approximate surface area is 254 Å². The number of amides is 1. The number of hydrogen-bond donors (Lipinski definition) is 0. The minimum atomic E-state index is -0.235. The van der Waals surface area contributed by atoms with Crippen molar-refractivity contribution in [2.75, 3.05) is 6.54 Å². The van der Waals surface area contributed by atoms with E-state index in [2.05, 4.69) is 59.5 Å². The maximum atomic E-state index is 14.0. The Bertz CT molecular complexity index is 1250. The van der Waals surface area contributed by atoms with E-state index in [1.807, 2.05) is 36.4 Å². The van der Waals surface area contributed by atoms with Gasteiger partial charge in [0.05, 0.1) is 12.6 Å². The first kappa shape index (κ1) is 29.3. The fourth-order valence-electron chi connectivity index (χ4n) is 7.68. The summed E-state index contributed by atoms with van der Waals surface area (Å²) in [5.74, 6) is 1.46. The van der Waals surface area contributed by atoms with Crippen LogP contribution in [0, 0.1) is 5.92 Å². The number of carbonyl (C=O) groups excluding carboxylic acids is 1. The Balaban J connectivity index is 0.000000470. The lowest BCUT2D eigenvalue weighted by molar-refractivity contribution is -0.132. The maximum absolute atomic E-state index is 14.0. The molecule has 1 atom stereocenters. The van der Waals surface area contributed by atoms with Crippen molar-refractivity contribution in [2.24, 2.45) is 10.9 Å². The van der Waals surface area contributed by atoms with Crippen LogP contribution in [0.4, 0.5) is 0 Å². The molecule has 1 heterocycles. The van der Waals surface area contributed by atoms with Crippen LogP contribution in [0.15, 0.2) is 96.0 Å². The molecule has 0 N–H and O–H groups in total.